The second kappa shape index (κ2) is 9.87. The summed E-state index contributed by atoms with van der Waals surface area (Å²) in [5, 5.41) is 11.9. The molecule has 1 aromatic rings. The van der Waals surface area contributed by atoms with Gasteiger partial charge in [0.2, 0.25) is 0 Å². The van der Waals surface area contributed by atoms with E-state index in [2.05, 4.69) is 5.32 Å². The summed E-state index contributed by atoms with van der Waals surface area (Å²) in [6.07, 6.45) is 0.661. The number of benzene rings is 1. The molecule has 8 heteroatoms. The van der Waals surface area contributed by atoms with Crippen LogP contribution in [0.3, 0.4) is 0 Å². The lowest BCUT2D eigenvalue weighted by atomic mass is 10.1. The van der Waals surface area contributed by atoms with Crippen LogP contribution in [0.15, 0.2) is 24.3 Å². The number of likely N-dealkylation sites (tertiary alicyclic amines) is 1. The number of rotatable bonds is 6. The molecule has 1 aliphatic heterocycles. The molecule has 0 aliphatic carbocycles. The number of halogens is 1. The van der Waals surface area contributed by atoms with Crippen molar-refractivity contribution in [3.8, 4) is 5.75 Å². The van der Waals surface area contributed by atoms with Crippen LogP contribution in [0.4, 0.5) is 9.59 Å². The number of amides is 2. The zero-order valence-electron chi connectivity index (χ0n) is 16.6. The number of alkyl halides is 1. The Balaban J connectivity index is 1.87. The van der Waals surface area contributed by atoms with Crippen LogP contribution < -0.4 is 10.1 Å². The molecule has 1 saturated heterocycles. The van der Waals surface area contributed by atoms with Crippen molar-refractivity contribution in [2.24, 2.45) is 0 Å². The summed E-state index contributed by atoms with van der Waals surface area (Å²) in [6.45, 7) is 6.36. The van der Waals surface area contributed by atoms with E-state index in [4.69, 9.17) is 26.2 Å². The molecule has 0 bridgehead atoms. The lowest BCUT2D eigenvalue weighted by Crippen LogP contribution is -2.43. The predicted molar refractivity (Wildman–Crippen MR) is 107 cm³/mol. The van der Waals surface area contributed by atoms with E-state index < -0.39 is 17.8 Å². The zero-order valence-corrected chi connectivity index (χ0v) is 17.4. The normalized spacial score (nSPS) is 18.3. The molecule has 2 atom stereocenters. The van der Waals surface area contributed by atoms with Gasteiger partial charge in [-0.2, -0.15) is 0 Å². The van der Waals surface area contributed by atoms with Crippen molar-refractivity contribution in [3.63, 3.8) is 0 Å². The molecular formula is C20H29ClN2O5. The molecule has 1 unspecified atom stereocenters. The first kappa shape index (κ1) is 22.1. The minimum absolute atomic E-state index is 0.139. The predicted octanol–water partition coefficient (Wildman–Crippen LogP) is 3.88. The summed E-state index contributed by atoms with van der Waals surface area (Å²) >= 11 is 5.98. The molecule has 2 amide bonds. The Morgan fingerprint density at radius 1 is 1.32 bits per heavy atom. The van der Waals surface area contributed by atoms with Crippen LogP contribution in [0.5, 0.6) is 5.75 Å². The highest BCUT2D eigenvalue weighted by Gasteiger charge is 2.24. The number of nitrogens with one attached hydrogen (secondary N) is 1. The number of carbonyl (C=O) groups is 2. The van der Waals surface area contributed by atoms with Crippen molar-refractivity contribution in [2.75, 3.05) is 19.0 Å². The Morgan fingerprint density at radius 3 is 2.57 bits per heavy atom. The third-order valence-corrected chi connectivity index (χ3v) is 4.64. The second-order valence-corrected chi connectivity index (χ2v) is 8.26. The van der Waals surface area contributed by atoms with Gasteiger partial charge in [-0.05, 0) is 57.7 Å². The molecule has 1 fully saturated rings. The summed E-state index contributed by atoms with van der Waals surface area (Å²) in [5.74, 6) is 0.966. The van der Waals surface area contributed by atoms with E-state index in [-0.39, 0.29) is 18.0 Å². The maximum absolute atomic E-state index is 11.9. The van der Waals surface area contributed by atoms with Gasteiger partial charge in [0.1, 0.15) is 17.5 Å². The van der Waals surface area contributed by atoms with E-state index in [1.54, 1.807) is 0 Å². The topological polar surface area (TPSA) is 88.1 Å². The monoisotopic (exact) mass is 412 g/mol. The summed E-state index contributed by atoms with van der Waals surface area (Å²) < 4.78 is 11.2. The maximum Gasteiger partial charge on any atom is 0.407 e. The van der Waals surface area contributed by atoms with E-state index >= 15 is 0 Å². The number of nitrogens with zero attached hydrogens (tertiary/aromatic N) is 1. The fourth-order valence-electron chi connectivity index (χ4n) is 3.01. The molecule has 1 aromatic carbocycles. The van der Waals surface area contributed by atoms with E-state index in [0.717, 1.165) is 18.4 Å². The van der Waals surface area contributed by atoms with Crippen molar-refractivity contribution >= 4 is 23.8 Å². The first-order chi connectivity index (χ1) is 13.2. The number of piperidine rings is 1. The number of carbonyl (C=O) groups excluding carboxylic acids is 1. The van der Waals surface area contributed by atoms with E-state index in [1.165, 1.54) is 4.90 Å². The van der Waals surface area contributed by atoms with Crippen molar-refractivity contribution in [3.05, 3.63) is 29.8 Å². The van der Waals surface area contributed by atoms with Gasteiger partial charge in [0, 0.05) is 18.5 Å². The highest BCUT2D eigenvalue weighted by Crippen LogP contribution is 2.20. The lowest BCUT2D eigenvalue weighted by molar-refractivity contribution is 0.0509. The smallest absolute Gasteiger partial charge is 0.407 e. The standard InChI is InChI=1S/C20H29ClN2O5/c1-20(2,3)28-18(24)22-15(12-21)11-14-6-8-16(9-7-14)27-17-5-4-10-23(13-17)19(25)26/h6-9,15,17H,4-5,10-13H2,1-3H3,(H,22,24)(H,25,26)/t15-,17?/m0/s1. The molecule has 7 nitrogen and oxygen atoms in total. The molecular weight excluding hydrogens is 384 g/mol. The quantitative estimate of drug-likeness (QED) is 0.692. The number of hydrogen-bond acceptors (Lipinski definition) is 4. The van der Waals surface area contributed by atoms with Crippen LogP contribution in [0.1, 0.15) is 39.2 Å². The zero-order chi connectivity index (χ0) is 20.7. The van der Waals surface area contributed by atoms with E-state index in [1.807, 2.05) is 45.0 Å². The minimum Gasteiger partial charge on any atom is -0.489 e. The van der Waals surface area contributed by atoms with Gasteiger partial charge in [-0.15, -0.1) is 11.6 Å². The number of hydrogen-bond donors (Lipinski definition) is 2. The fourth-order valence-corrected chi connectivity index (χ4v) is 3.19. The second-order valence-electron chi connectivity index (χ2n) is 7.96. The molecule has 0 saturated carbocycles. The lowest BCUT2D eigenvalue weighted by Gasteiger charge is -2.31. The first-order valence-electron chi connectivity index (χ1n) is 9.45. The summed E-state index contributed by atoms with van der Waals surface area (Å²) in [6, 6.07) is 7.31. The summed E-state index contributed by atoms with van der Waals surface area (Å²) in [5.41, 5.74) is 0.444. The van der Waals surface area contributed by atoms with Crippen LogP contribution in [-0.4, -0.2) is 58.9 Å². The van der Waals surface area contributed by atoms with Gasteiger partial charge in [0.15, 0.2) is 0 Å². The highest BCUT2D eigenvalue weighted by molar-refractivity contribution is 6.18. The van der Waals surface area contributed by atoms with Gasteiger partial charge >= 0.3 is 12.2 Å². The maximum atomic E-state index is 11.9. The molecule has 28 heavy (non-hydrogen) atoms. The Morgan fingerprint density at radius 2 is 2.00 bits per heavy atom. The van der Waals surface area contributed by atoms with Crippen molar-refractivity contribution in [1.82, 2.24) is 10.2 Å². The molecule has 0 spiro atoms. The van der Waals surface area contributed by atoms with Crippen molar-refractivity contribution < 1.29 is 24.2 Å². The van der Waals surface area contributed by atoms with Gasteiger partial charge < -0.3 is 24.8 Å². The van der Waals surface area contributed by atoms with Gasteiger partial charge in [0.05, 0.1) is 6.54 Å². The largest absolute Gasteiger partial charge is 0.489 e. The van der Waals surface area contributed by atoms with Crippen molar-refractivity contribution in [2.45, 2.75) is 57.8 Å². The number of carboxylic acid groups (broad SMARTS) is 1. The van der Waals surface area contributed by atoms with E-state index in [0.29, 0.717) is 25.3 Å². The molecule has 0 radical (unpaired) electrons. The Bertz CT molecular complexity index is 660. The van der Waals surface area contributed by atoms with Gasteiger partial charge in [-0.3, -0.25) is 0 Å². The Kier molecular flexibility index (Phi) is 7.80. The summed E-state index contributed by atoms with van der Waals surface area (Å²) in [7, 11) is 0. The van der Waals surface area contributed by atoms with Crippen LogP contribution >= 0.6 is 11.6 Å². The molecule has 0 aromatic heterocycles. The highest BCUT2D eigenvalue weighted by atomic mass is 35.5. The van der Waals surface area contributed by atoms with Crippen LogP contribution in [0.25, 0.3) is 0 Å². The number of alkyl carbamates (subject to hydrolysis) is 1. The fraction of sp³-hybridized carbons (Fsp3) is 0.600. The first-order valence-corrected chi connectivity index (χ1v) is 9.98. The third-order valence-electron chi connectivity index (χ3n) is 4.26. The molecule has 1 aliphatic rings. The third kappa shape index (κ3) is 7.46. The minimum atomic E-state index is -0.909. The van der Waals surface area contributed by atoms with Gasteiger partial charge in [0.25, 0.3) is 0 Å². The van der Waals surface area contributed by atoms with E-state index in [9.17, 15) is 9.59 Å². The average molecular weight is 413 g/mol. The molecule has 2 rings (SSSR count). The Hall–Kier alpha value is -2.15. The number of ether oxygens (including phenoxy) is 2. The van der Waals surface area contributed by atoms with Gasteiger partial charge in [-0.25, -0.2) is 9.59 Å². The van der Waals surface area contributed by atoms with Crippen LogP contribution in [-0.2, 0) is 11.2 Å². The Labute approximate surface area is 170 Å². The van der Waals surface area contributed by atoms with Crippen LogP contribution in [0.2, 0.25) is 0 Å². The molecule has 1 heterocycles. The average Bonchev–Trinajstić information content (AvgIpc) is 2.61. The molecule has 156 valence electrons. The molecule has 2 N–H and O–H groups in total. The summed E-state index contributed by atoms with van der Waals surface area (Å²) in [4.78, 5) is 24.4. The van der Waals surface area contributed by atoms with Crippen LogP contribution in [0, 0.1) is 0 Å². The van der Waals surface area contributed by atoms with Crippen molar-refractivity contribution in [1.29, 1.82) is 0 Å². The SMILES string of the molecule is CC(C)(C)OC(=O)N[C@H](CCl)Cc1ccc(OC2CCCN(C(=O)O)C2)cc1. The van der Waals surface area contributed by atoms with Gasteiger partial charge in [-0.1, -0.05) is 12.1 Å².